The first kappa shape index (κ1) is 36.6. The molecule has 62 heavy (non-hydrogen) atoms. The number of aromatic nitrogens is 2. The molecular weight excluding hydrogens is 751 g/mol. The Kier molecular flexibility index (Phi) is 8.05. The van der Waals surface area contributed by atoms with Crippen LogP contribution in [0.15, 0.2) is 188 Å². The quantitative estimate of drug-likeness (QED) is 0.167. The number of hydrogen-bond donors (Lipinski definition) is 0. The third kappa shape index (κ3) is 5.15. The summed E-state index contributed by atoms with van der Waals surface area (Å²) in [7, 11) is 0. The molecule has 0 N–H and O–H groups in total. The Morgan fingerprint density at radius 1 is 0.468 bits per heavy atom. The number of hydrogen-bond acceptors (Lipinski definition) is 2. The maximum atomic E-state index is 4.88. The predicted molar refractivity (Wildman–Crippen MR) is 261 cm³/mol. The molecule has 0 spiro atoms. The van der Waals surface area contributed by atoms with E-state index in [1.807, 2.05) is 12.3 Å². The number of benzene rings is 8. The molecule has 0 saturated carbocycles. The van der Waals surface area contributed by atoms with Crippen LogP contribution in [0.3, 0.4) is 0 Å². The van der Waals surface area contributed by atoms with Crippen LogP contribution in [0.1, 0.15) is 62.8 Å². The molecule has 3 heteroatoms. The van der Waals surface area contributed by atoms with Gasteiger partial charge in [-0.2, -0.15) is 0 Å². The van der Waals surface area contributed by atoms with Gasteiger partial charge in [-0.1, -0.05) is 143 Å². The van der Waals surface area contributed by atoms with E-state index in [2.05, 4.69) is 213 Å². The van der Waals surface area contributed by atoms with Gasteiger partial charge in [0.25, 0.3) is 0 Å². The molecule has 12 rings (SSSR count). The maximum absolute atomic E-state index is 4.88. The number of pyridine rings is 1. The van der Waals surface area contributed by atoms with Crippen LogP contribution in [-0.4, -0.2) is 9.55 Å². The highest BCUT2D eigenvalue weighted by Crippen LogP contribution is 2.56. The molecule has 1 aliphatic carbocycles. The van der Waals surface area contributed by atoms with Crippen molar-refractivity contribution in [2.24, 2.45) is 0 Å². The van der Waals surface area contributed by atoms with Crippen molar-refractivity contribution in [1.82, 2.24) is 9.55 Å². The van der Waals surface area contributed by atoms with E-state index in [4.69, 9.17) is 4.98 Å². The smallest absolute Gasteiger partial charge is 0.137 e. The fourth-order valence-corrected chi connectivity index (χ4v) is 11.3. The van der Waals surface area contributed by atoms with Crippen LogP contribution < -0.4 is 4.90 Å². The molecule has 0 radical (unpaired) electrons. The first-order chi connectivity index (χ1) is 30.4. The van der Waals surface area contributed by atoms with Crippen LogP contribution in [-0.2, 0) is 10.8 Å². The van der Waals surface area contributed by atoms with E-state index >= 15 is 0 Å². The van der Waals surface area contributed by atoms with Crippen LogP contribution in [0.25, 0.3) is 71.6 Å². The van der Waals surface area contributed by atoms with Gasteiger partial charge in [-0.15, -0.1) is 0 Å². The Balaban J connectivity index is 1.01. The Labute approximate surface area is 363 Å². The Morgan fingerprint density at radius 2 is 1.11 bits per heavy atom. The molecule has 0 atom stereocenters. The van der Waals surface area contributed by atoms with Crippen molar-refractivity contribution in [2.45, 2.75) is 51.4 Å². The summed E-state index contributed by atoms with van der Waals surface area (Å²) in [6, 6.07) is 67.8. The minimum absolute atomic E-state index is 0.0382. The lowest BCUT2D eigenvalue weighted by Crippen LogP contribution is -2.31. The zero-order valence-electron chi connectivity index (χ0n) is 35.7. The van der Waals surface area contributed by atoms with E-state index in [1.165, 1.54) is 99.6 Å². The number of rotatable bonds is 6. The normalized spacial score (nSPS) is 14.5. The summed E-state index contributed by atoms with van der Waals surface area (Å²) >= 11 is 0. The summed E-state index contributed by atoms with van der Waals surface area (Å²) in [5.74, 6) is 0.915. The van der Waals surface area contributed by atoms with E-state index < -0.39 is 0 Å². The summed E-state index contributed by atoms with van der Waals surface area (Å²) in [6.07, 6.45) is 4.06. The van der Waals surface area contributed by atoms with Crippen LogP contribution >= 0.6 is 0 Å². The highest BCUT2D eigenvalue weighted by atomic mass is 15.2. The van der Waals surface area contributed by atoms with Crippen molar-refractivity contribution >= 4 is 49.8 Å². The molecule has 10 aromatic rings. The monoisotopic (exact) mass is 797 g/mol. The minimum atomic E-state index is -0.276. The zero-order valence-corrected chi connectivity index (χ0v) is 35.7. The summed E-state index contributed by atoms with van der Waals surface area (Å²) < 4.78 is 2.48. The molecule has 0 fully saturated rings. The van der Waals surface area contributed by atoms with Gasteiger partial charge in [0.1, 0.15) is 5.82 Å². The molecular formula is C59H47N3. The number of para-hydroxylation sites is 1. The van der Waals surface area contributed by atoms with Crippen molar-refractivity contribution < 1.29 is 0 Å². The van der Waals surface area contributed by atoms with Gasteiger partial charge in [-0.05, 0) is 146 Å². The topological polar surface area (TPSA) is 21.1 Å². The number of anilines is 3. The molecule has 2 aromatic heterocycles. The van der Waals surface area contributed by atoms with Crippen molar-refractivity contribution in [3.05, 3.63) is 210 Å². The maximum Gasteiger partial charge on any atom is 0.137 e. The second-order valence-electron chi connectivity index (χ2n) is 17.8. The van der Waals surface area contributed by atoms with E-state index in [1.54, 1.807) is 0 Å². The minimum Gasteiger partial charge on any atom is -0.309 e. The summed E-state index contributed by atoms with van der Waals surface area (Å²) in [6.45, 7) is 9.45. The molecule has 3 heterocycles. The lowest BCUT2D eigenvalue weighted by molar-refractivity contribution is 0.490. The molecule has 0 amide bonds. The van der Waals surface area contributed by atoms with Crippen LogP contribution in [0.4, 0.5) is 17.2 Å². The third-order valence-electron chi connectivity index (χ3n) is 14.5. The van der Waals surface area contributed by atoms with Gasteiger partial charge < -0.3 is 4.57 Å². The van der Waals surface area contributed by atoms with Gasteiger partial charge in [-0.25, -0.2) is 4.98 Å². The Bertz CT molecular complexity index is 3410. The highest BCUT2D eigenvalue weighted by molar-refractivity contribution is 6.11. The largest absolute Gasteiger partial charge is 0.309 e. The lowest BCUT2D eigenvalue weighted by Gasteiger charge is -2.42. The molecule has 8 aromatic carbocycles. The lowest BCUT2D eigenvalue weighted by atomic mass is 9.72. The Hall–Kier alpha value is -7.23. The summed E-state index contributed by atoms with van der Waals surface area (Å²) in [4.78, 5) is 7.22. The first-order valence-corrected chi connectivity index (χ1v) is 22.2. The van der Waals surface area contributed by atoms with Gasteiger partial charge in [0.2, 0.25) is 0 Å². The Morgan fingerprint density at radius 3 is 1.87 bits per heavy atom. The molecule has 3 nitrogen and oxygen atoms in total. The SMILES string of the molecule is CCC1(CC)c2ccccc2-c2c1ccc1ccc(-n3c4ccccc4c4cc(-c5ccc6c(c5)C(C)(C)c5cc(-c7ccccc7)ccc5N6c5ccccn5)ccc43)cc21. The average molecular weight is 798 g/mol. The average Bonchev–Trinajstić information content (AvgIpc) is 3.82. The number of nitrogens with zero attached hydrogens (tertiary/aromatic N) is 3. The van der Waals surface area contributed by atoms with E-state index in [0.29, 0.717) is 0 Å². The van der Waals surface area contributed by atoms with E-state index in [-0.39, 0.29) is 10.8 Å². The van der Waals surface area contributed by atoms with Gasteiger partial charge in [0.15, 0.2) is 0 Å². The number of fused-ring (bicyclic) bond motifs is 10. The molecule has 298 valence electrons. The van der Waals surface area contributed by atoms with E-state index in [9.17, 15) is 0 Å². The fraction of sp³-hybridized carbons (Fsp3) is 0.136. The molecule has 0 saturated heterocycles. The van der Waals surface area contributed by atoms with Gasteiger partial charge >= 0.3 is 0 Å². The van der Waals surface area contributed by atoms with Crippen LogP contribution in [0.2, 0.25) is 0 Å². The summed E-state index contributed by atoms with van der Waals surface area (Å²) in [5.41, 5.74) is 18.8. The van der Waals surface area contributed by atoms with Crippen molar-refractivity contribution in [3.8, 4) is 39.1 Å². The van der Waals surface area contributed by atoms with Gasteiger partial charge in [-0.3, -0.25) is 4.90 Å². The second-order valence-corrected chi connectivity index (χ2v) is 17.8. The molecule has 1 aliphatic heterocycles. The molecule has 2 aliphatic rings. The van der Waals surface area contributed by atoms with Gasteiger partial charge in [0, 0.05) is 33.5 Å². The predicted octanol–water partition coefficient (Wildman–Crippen LogP) is 15.9. The second kappa shape index (κ2) is 13.6. The van der Waals surface area contributed by atoms with Crippen LogP contribution in [0.5, 0.6) is 0 Å². The molecule has 0 unspecified atom stereocenters. The standard InChI is InChI=1S/C59H47N3/c1-5-59(6-2)48-20-12-10-19-45(48)57-46-37-43(28-23-39(46)24-29-49(57)59)61-52-21-13-11-18-44(52)47-34-40(25-30-53(47)61)42-27-32-55-51(36-42)58(3,4)50-35-41(38-16-8-7-9-17-38)26-31-54(50)62(55)56-22-14-15-33-60-56/h7-37H,5-6H2,1-4H3. The van der Waals surface area contributed by atoms with E-state index in [0.717, 1.165) is 24.3 Å². The highest BCUT2D eigenvalue weighted by Gasteiger charge is 2.41. The summed E-state index contributed by atoms with van der Waals surface area (Å²) in [5, 5.41) is 5.12. The fourth-order valence-electron chi connectivity index (χ4n) is 11.3. The van der Waals surface area contributed by atoms with Crippen molar-refractivity contribution in [3.63, 3.8) is 0 Å². The third-order valence-corrected chi connectivity index (χ3v) is 14.5. The molecule has 0 bridgehead atoms. The first-order valence-electron chi connectivity index (χ1n) is 22.2. The van der Waals surface area contributed by atoms with Crippen LogP contribution in [0, 0.1) is 0 Å². The van der Waals surface area contributed by atoms with Crippen molar-refractivity contribution in [2.75, 3.05) is 4.90 Å². The zero-order chi connectivity index (χ0) is 41.7. The van der Waals surface area contributed by atoms with Crippen molar-refractivity contribution in [1.29, 1.82) is 0 Å². The van der Waals surface area contributed by atoms with Gasteiger partial charge in [0.05, 0.1) is 22.4 Å².